The van der Waals surface area contributed by atoms with E-state index in [1.807, 2.05) is 19.9 Å². The van der Waals surface area contributed by atoms with E-state index in [4.69, 9.17) is 5.11 Å². The normalized spacial score (nSPS) is 13.6. The second kappa shape index (κ2) is 8.28. The lowest BCUT2D eigenvalue weighted by Gasteiger charge is -1.93. The molecule has 92 valence electrons. The van der Waals surface area contributed by atoms with Gasteiger partial charge in [0.15, 0.2) is 5.78 Å². The minimum Gasteiger partial charge on any atom is -0.478 e. The Hall–Kier alpha value is -1.90. The number of ketones is 1. The Balaban J connectivity index is 4.44. The van der Waals surface area contributed by atoms with Crippen molar-refractivity contribution in [3.8, 4) is 0 Å². The number of allylic oxidation sites excluding steroid dienone is 7. The van der Waals surface area contributed by atoms with Gasteiger partial charge in [-0.25, -0.2) is 4.79 Å². The molecule has 0 aromatic rings. The largest absolute Gasteiger partial charge is 0.478 e. The lowest BCUT2D eigenvalue weighted by Crippen LogP contribution is -1.95. The van der Waals surface area contributed by atoms with Crippen LogP contribution in [0, 0.1) is 0 Å². The average molecular weight is 234 g/mol. The molecule has 0 spiro atoms. The van der Waals surface area contributed by atoms with Crippen LogP contribution < -0.4 is 0 Å². The molecule has 0 radical (unpaired) electrons. The number of aliphatic carboxylic acids is 1. The van der Waals surface area contributed by atoms with E-state index in [0.29, 0.717) is 6.42 Å². The molecule has 0 aromatic heterocycles. The van der Waals surface area contributed by atoms with Crippen LogP contribution in [0.3, 0.4) is 0 Å². The second-order valence-corrected chi connectivity index (χ2v) is 3.59. The molecular formula is C14H18O3. The first-order valence-electron chi connectivity index (χ1n) is 5.43. The zero-order valence-corrected chi connectivity index (χ0v) is 10.4. The van der Waals surface area contributed by atoms with Crippen LogP contribution in [-0.4, -0.2) is 16.9 Å². The minimum atomic E-state index is -0.970. The van der Waals surface area contributed by atoms with Gasteiger partial charge in [-0.05, 0) is 19.4 Å². The summed E-state index contributed by atoms with van der Waals surface area (Å²) >= 11 is 0. The molecule has 0 atom stereocenters. The van der Waals surface area contributed by atoms with Gasteiger partial charge in [-0.3, -0.25) is 4.79 Å². The fraction of sp³-hybridized carbons (Fsp3) is 0.286. The van der Waals surface area contributed by atoms with E-state index in [0.717, 1.165) is 17.2 Å². The third kappa shape index (κ3) is 7.96. The Morgan fingerprint density at radius 1 is 1.06 bits per heavy atom. The minimum absolute atomic E-state index is 0.127. The predicted octanol–water partition coefficient (Wildman–Crippen LogP) is 3.06. The van der Waals surface area contributed by atoms with E-state index < -0.39 is 5.97 Å². The Morgan fingerprint density at radius 3 is 2.18 bits per heavy atom. The number of rotatable bonds is 6. The van der Waals surface area contributed by atoms with Gasteiger partial charge in [0.2, 0.25) is 0 Å². The van der Waals surface area contributed by atoms with Crippen LogP contribution in [0.1, 0.15) is 27.2 Å². The molecule has 0 aliphatic heterocycles. The highest BCUT2D eigenvalue weighted by atomic mass is 16.4. The molecule has 0 saturated carbocycles. The zero-order valence-electron chi connectivity index (χ0n) is 10.4. The summed E-state index contributed by atoms with van der Waals surface area (Å²) in [5.74, 6) is -0.843. The summed E-state index contributed by atoms with van der Waals surface area (Å²) < 4.78 is 0. The Bertz CT molecular complexity index is 396. The topological polar surface area (TPSA) is 54.4 Å². The van der Waals surface area contributed by atoms with E-state index in [9.17, 15) is 9.59 Å². The van der Waals surface area contributed by atoms with Gasteiger partial charge in [-0.2, -0.15) is 0 Å². The van der Waals surface area contributed by atoms with E-state index in [1.54, 1.807) is 25.2 Å². The number of carboxylic acid groups (broad SMARTS) is 1. The second-order valence-electron chi connectivity index (χ2n) is 3.59. The molecule has 0 unspecified atom stereocenters. The highest BCUT2D eigenvalue weighted by molar-refractivity contribution is 5.94. The monoisotopic (exact) mass is 234 g/mol. The maximum atomic E-state index is 11.2. The SMILES string of the molecule is CCC(=O)/C(C)=C/C=C/C(C)=C/C=C/C(=O)O. The third-order valence-corrected chi connectivity index (χ3v) is 2.06. The Morgan fingerprint density at radius 2 is 1.65 bits per heavy atom. The Labute approximate surface area is 102 Å². The molecule has 0 aromatic carbocycles. The maximum Gasteiger partial charge on any atom is 0.328 e. The molecule has 0 bridgehead atoms. The summed E-state index contributed by atoms with van der Waals surface area (Å²) in [7, 11) is 0. The molecule has 0 heterocycles. The van der Waals surface area contributed by atoms with Crippen molar-refractivity contribution in [3.05, 3.63) is 47.6 Å². The van der Waals surface area contributed by atoms with Gasteiger partial charge in [0, 0.05) is 12.5 Å². The molecule has 0 fully saturated rings. The summed E-state index contributed by atoms with van der Waals surface area (Å²) in [5, 5.41) is 8.38. The summed E-state index contributed by atoms with van der Waals surface area (Å²) in [6.07, 6.45) is 10.1. The van der Waals surface area contributed by atoms with Gasteiger partial charge in [0.1, 0.15) is 0 Å². The van der Waals surface area contributed by atoms with Gasteiger partial charge in [-0.15, -0.1) is 0 Å². The number of carbonyl (C=O) groups is 2. The first-order valence-corrected chi connectivity index (χ1v) is 5.43. The van der Waals surface area contributed by atoms with Crippen molar-refractivity contribution < 1.29 is 14.7 Å². The molecule has 0 saturated heterocycles. The van der Waals surface area contributed by atoms with E-state index in [2.05, 4.69) is 0 Å². The average Bonchev–Trinajstić information content (AvgIpc) is 2.27. The van der Waals surface area contributed by atoms with Crippen LogP contribution in [0.2, 0.25) is 0 Å². The smallest absolute Gasteiger partial charge is 0.328 e. The van der Waals surface area contributed by atoms with E-state index >= 15 is 0 Å². The molecule has 3 nitrogen and oxygen atoms in total. The molecule has 1 N–H and O–H groups in total. The number of carbonyl (C=O) groups excluding carboxylic acids is 1. The van der Waals surface area contributed by atoms with Crippen molar-refractivity contribution in [2.45, 2.75) is 27.2 Å². The first kappa shape index (κ1) is 15.1. The van der Waals surface area contributed by atoms with Crippen LogP contribution in [0.15, 0.2) is 47.6 Å². The summed E-state index contributed by atoms with van der Waals surface area (Å²) in [4.78, 5) is 21.5. The van der Waals surface area contributed by atoms with Crippen LogP contribution >= 0.6 is 0 Å². The highest BCUT2D eigenvalue weighted by Gasteiger charge is 1.97. The van der Waals surface area contributed by atoms with Crippen LogP contribution in [0.4, 0.5) is 0 Å². The van der Waals surface area contributed by atoms with Crippen molar-refractivity contribution in [2.75, 3.05) is 0 Å². The van der Waals surface area contributed by atoms with Crippen LogP contribution in [0.5, 0.6) is 0 Å². The van der Waals surface area contributed by atoms with Crippen molar-refractivity contribution in [1.82, 2.24) is 0 Å². The number of Topliss-reactive ketones (excluding diaryl/α,β-unsaturated/α-hetero) is 1. The Kier molecular flexibility index (Phi) is 7.35. The van der Waals surface area contributed by atoms with Crippen LogP contribution in [-0.2, 0) is 9.59 Å². The van der Waals surface area contributed by atoms with Crippen molar-refractivity contribution in [1.29, 1.82) is 0 Å². The van der Waals surface area contributed by atoms with Gasteiger partial charge < -0.3 is 5.11 Å². The fourth-order valence-electron chi connectivity index (χ4n) is 1.05. The maximum absolute atomic E-state index is 11.2. The lowest BCUT2D eigenvalue weighted by atomic mass is 10.1. The van der Waals surface area contributed by atoms with Crippen molar-refractivity contribution >= 4 is 11.8 Å². The fourth-order valence-corrected chi connectivity index (χ4v) is 1.05. The summed E-state index contributed by atoms with van der Waals surface area (Å²) in [6, 6.07) is 0. The van der Waals surface area contributed by atoms with E-state index in [-0.39, 0.29) is 5.78 Å². The molecule has 17 heavy (non-hydrogen) atoms. The standard InChI is InChI=1S/C14H18O3/c1-4-13(15)12(3)9-5-7-11(2)8-6-10-14(16)17/h5-10H,4H2,1-3H3,(H,16,17)/b7-5+,10-6+,11-8+,12-9+. The molecular weight excluding hydrogens is 216 g/mol. The van der Waals surface area contributed by atoms with Gasteiger partial charge in [0.25, 0.3) is 0 Å². The van der Waals surface area contributed by atoms with E-state index in [1.165, 1.54) is 6.08 Å². The number of hydrogen-bond acceptors (Lipinski definition) is 2. The lowest BCUT2D eigenvalue weighted by molar-refractivity contribution is -0.131. The summed E-state index contributed by atoms with van der Waals surface area (Å²) in [6.45, 7) is 5.46. The molecule has 3 heteroatoms. The van der Waals surface area contributed by atoms with Gasteiger partial charge >= 0.3 is 5.97 Å². The predicted molar refractivity (Wildman–Crippen MR) is 68.7 cm³/mol. The zero-order chi connectivity index (χ0) is 13.3. The highest BCUT2D eigenvalue weighted by Crippen LogP contribution is 2.01. The van der Waals surface area contributed by atoms with Crippen LogP contribution in [0.25, 0.3) is 0 Å². The van der Waals surface area contributed by atoms with Crippen molar-refractivity contribution in [3.63, 3.8) is 0 Å². The molecule has 0 aliphatic carbocycles. The van der Waals surface area contributed by atoms with Crippen molar-refractivity contribution in [2.24, 2.45) is 0 Å². The quantitative estimate of drug-likeness (QED) is 0.567. The number of hydrogen-bond donors (Lipinski definition) is 1. The molecule has 0 rings (SSSR count). The molecule has 0 amide bonds. The van der Waals surface area contributed by atoms with Gasteiger partial charge in [0.05, 0.1) is 0 Å². The molecule has 0 aliphatic rings. The summed E-state index contributed by atoms with van der Waals surface area (Å²) in [5.41, 5.74) is 1.63. The van der Waals surface area contributed by atoms with Gasteiger partial charge in [-0.1, -0.05) is 42.9 Å². The number of carboxylic acids is 1. The first-order chi connectivity index (χ1) is 7.97. The third-order valence-electron chi connectivity index (χ3n) is 2.06.